The Balaban J connectivity index is 1.61. The number of nitrogens with one attached hydrogen (secondary N) is 2. The zero-order valence-electron chi connectivity index (χ0n) is 20.7. The van der Waals surface area contributed by atoms with E-state index < -0.39 is 17.9 Å². The molecule has 0 aliphatic carbocycles. The molecule has 2 aromatic rings. The van der Waals surface area contributed by atoms with Gasteiger partial charge >= 0.3 is 6.61 Å². The van der Waals surface area contributed by atoms with Crippen LogP contribution in [0.4, 0.5) is 14.5 Å². The summed E-state index contributed by atoms with van der Waals surface area (Å²) in [6.07, 6.45) is 0.276. The molecular weight excluding hydrogens is 470 g/mol. The third-order valence-electron chi connectivity index (χ3n) is 6.68. The van der Waals surface area contributed by atoms with E-state index in [4.69, 9.17) is 4.74 Å². The molecule has 10 heteroatoms. The summed E-state index contributed by atoms with van der Waals surface area (Å²) in [6, 6.07) is 10.7. The van der Waals surface area contributed by atoms with Crippen LogP contribution in [0.1, 0.15) is 43.0 Å². The molecule has 36 heavy (non-hydrogen) atoms. The molecule has 2 aliphatic heterocycles. The number of carbonyl (C=O) groups is 2. The van der Waals surface area contributed by atoms with Gasteiger partial charge in [0.15, 0.2) is 0 Å². The van der Waals surface area contributed by atoms with Crippen molar-refractivity contribution in [1.29, 1.82) is 0 Å². The highest BCUT2D eigenvalue weighted by Crippen LogP contribution is 2.41. The third kappa shape index (κ3) is 5.49. The van der Waals surface area contributed by atoms with E-state index in [0.29, 0.717) is 25.5 Å². The Morgan fingerprint density at radius 1 is 1.25 bits per heavy atom. The first-order chi connectivity index (χ1) is 17.2. The largest absolute Gasteiger partial charge is 0.415 e. The number of ether oxygens (including phenoxy) is 2. The standard InChI is InChI=1S/C26H32F2N4O4/c1-16(2)19-6-4-5-7-20(19)26(14-32(15-26)22(33)12-18-13-35-11-10-29-18)24(34)31-21-9-8-17(3)30-23(21)36-25(27)28/h4-9,16,18,25,29H,10-15H2,1-3H3,(H,31,34)/t18-/m1/s1. The van der Waals surface area contributed by atoms with E-state index in [1.807, 2.05) is 38.1 Å². The van der Waals surface area contributed by atoms with Crippen LogP contribution in [0.5, 0.6) is 5.88 Å². The van der Waals surface area contributed by atoms with E-state index >= 15 is 0 Å². The number of hydrogen-bond acceptors (Lipinski definition) is 6. The zero-order valence-corrected chi connectivity index (χ0v) is 20.7. The number of amides is 2. The first-order valence-corrected chi connectivity index (χ1v) is 12.1. The normalized spacial score (nSPS) is 19.2. The number of anilines is 1. The number of rotatable bonds is 8. The van der Waals surface area contributed by atoms with Crippen molar-refractivity contribution in [2.24, 2.45) is 0 Å². The summed E-state index contributed by atoms with van der Waals surface area (Å²) < 4.78 is 36.0. The Morgan fingerprint density at radius 3 is 2.67 bits per heavy atom. The van der Waals surface area contributed by atoms with Crippen molar-refractivity contribution >= 4 is 17.5 Å². The molecule has 194 valence electrons. The molecule has 4 rings (SSSR count). The van der Waals surface area contributed by atoms with Gasteiger partial charge in [0.05, 0.1) is 13.2 Å². The molecule has 2 fully saturated rings. The van der Waals surface area contributed by atoms with Gasteiger partial charge < -0.3 is 25.0 Å². The number of nitrogens with zero attached hydrogens (tertiary/aromatic N) is 2. The molecule has 0 spiro atoms. The number of morpholine rings is 1. The topological polar surface area (TPSA) is 92.8 Å². The van der Waals surface area contributed by atoms with Crippen LogP contribution in [0.2, 0.25) is 0 Å². The first kappa shape index (κ1) is 26.0. The minimum atomic E-state index is -3.08. The molecule has 1 aromatic heterocycles. The second-order valence-electron chi connectivity index (χ2n) is 9.64. The number of aryl methyl sites for hydroxylation is 1. The SMILES string of the molecule is Cc1ccc(NC(=O)C2(c3ccccc3C(C)C)CN(C(=O)C[C@@H]3COCCN3)C2)c(OC(F)F)n1. The van der Waals surface area contributed by atoms with Gasteiger partial charge in [0, 0.05) is 37.8 Å². The monoisotopic (exact) mass is 502 g/mol. The second-order valence-corrected chi connectivity index (χ2v) is 9.64. The lowest BCUT2D eigenvalue weighted by atomic mass is 9.69. The molecule has 0 radical (unpaired) electrons. The lowest BCUT2D eigenvalue weighted by molar-refractivity contribution is -0.145. The van der Waals surface area contributed by atoms with Crippen molar-refractivity contribution in [3.63, 3.8) is 0 Å². The second kappa shape index (κ2) is 10.9. The molecule has 1 atom stereocenters. The molecule has 3 heterocycles. The molecule has 8 nitrogen and oxygen atoms in total. The highest BCUT2D eigenvalue weighted by Gasteiger charge is 2.53. The predicted molar refractivity (Wildman–Crippen MR) is 130 cm³/mol. The summed E-state index contributed by atoms with van der Waals surface area (Å²) in [5.74, 6) is -0.676. The quantitative estimate of drug-likeness (QED) is 0.576. The third-order valence-corrected chi connectivity index (χ3v) is 6.68. The van der Waals surface area contributed by atoms with E-state index in [0.717, 1.165) is 11.1 Å². The fourth-order valence-corrected chi connectivity index (χ4v) is 4.79. The van der Waals surface area contributed by atoms with Crippen molar-refractivity contribution < 1.29 is 27.8 Å². The summed E-state index contributed by atoms with van der Waals surface area (Å²) in [5, 5.41) is 6.04. The molecule has 0 unspecified atom stereocenters. The van der Waals surface area contributed by atoms with Gasteiger partial charge in [0.25, 0.3) is 0 Å². The molecule has 2 aliphatic rings. The number of likely N-dealkylation sites (tertiary alicyclic amines) is 1. The maximum absolute atomic E-state index is 13.8. The van der Waals surface area contributed by atoms with Gasteiger partial charge in [-0.15, -0.1) is 0 Å². The Bertz CT molecular complexity index is 1100. The summed E-state index contributed by atoms with van der Waals surface area (Å²) in [4.78, 5) is 32.5. The lowest BCUT2D eigenvalue weighted by Gasteiger charge is -2.50. The van der Waals surface area contributed by atoms with Crippen LogP contribution >= 0.6 is 0 Å². The molecule has 2 N–H and O–H groups in total. The van der Waals surface area contributed by atoms with Crippen LogP contribution in [-0.4, -0.2) is 67.2 Å². The van der Waals surface area contributed by atoms with Gasteiger partial charge in [-0.05, 0) is 36.1 Å². The summed E-state index contributed by atoms with van der Waals surface area (Å²) in [6.45, 7) is 4.78. The molecular formula is C26H32F2N4O4. The van der Waals surface area contributed by atoms with Crippen molar-refractivity contribution in [1.82, 2.24) is 15.2 Å². The number of alkyl halides is 2. The van der Waals surface area contributed by atoms with E-state index in [9.17, 15) is 18.4 Å². The maximum atomic E-state index is 13.8. The zero-order chi connectivity index (χ0) is 25.9. The van der Waals surface area contributed by atoms with Crippen molar-refractivity contribution in [2.45, 2.75) is 51.2 Å². The first-order valence-electron chi connectivity index (χ1n) is 12.1. The van der Waals surface area contributed by atoms with Crippen molar-refractivity contribution in [3.8, 4) is 5.88 Å². The van der Waals surface area contributed by atoms with Gasteiger partial charge in [-0.1, -0.05) is 38.1 Å². The average molecular weight is 503 g/mol. The van der Waals surface area contributed by atoms with Crippen molar-refractivity contribution in [2.75, 3.05) is 38.2 Å². The van der Waals surface area contributed by atoms with Gasteiger partial charge in [-0.2, -0.15) is 8.78 Å². The molecule has 2 amide bonds. The number of halogens is 2. The number of aromatic nitrogens is 1. The van der Waals surface area contributed by atoms with Crippen LogP contribution < -0.4 is 15.4 Å². The minimum absolute atomic E-state index is 0.0561. The average Bonchev–Trinajstić information content (AvgIpc) is 2.80. The number of benzene rings is 1. The van der Waals surface area contributed by atoms with Crippen LogP contribution in [-0.2, 0) is 19.7 Å². The smallest absolute Gasteiger partial charge is 0.388 e. The number of hydrogen-bond donors (Lipinski definition) is 2. The molecule has 2 saturated heterocycles. The van der Waals surface area contributed by atoms with Crippen LogP contribution in [0.3, 0.4) is 0 Å². The van der Waals surface area contributed by atoms with Gasteiger partial charge in [0.1, 0.15) is 11.1 Å². The fourth-order valence-electron chi connectivity index (χ4n) is 4.79. The lowest BCUT2D eigenvalue weighted by Crippen LogP contribution is -2.67. The summed E-state index contributed by atoms with van der Waals surface area (Å²) >= 11 is 0. The van der Waals surface area contributed by atoms with Crippen molar-refractivity contribution in [3.05, 3.63) is 53.2 Å². The summed E-state index contributed by atoms with van der Waals surface area (Å²) in [7, 11) is 0. The Labute approximate surface area is 209 Å². The van der Waals surface area contributed by atoms with E-state index in [1.165, 1.54) is 6.07 Å². The summed E-state index contributed by atoms with van der Waals surface area (Å²) in [5.41, 5.74) is 1.30. The minimum Gasteiger partial charge on any atom is -0.415 e. The van der Waals surface area contributed by atoms with E-state index in [2.05, 4.69) is 20.4 Å². The van der Waals surface area contributed by atoms with Gasteiger partial charge in [-0.3, -0.25) is 9.59 Å². The highest BCUT2D eigenvalue weighted by atomic mass is 19.3. The maximum Gasteiger partial charge on any atom is 0.388 e. The molecule has 0 saturated carbocycles. The Morgan fingerprint density at radius 2 is 2.00 bits per heavy atom. The molecule has 1 aromatic carbocycles. The van der Waals surface area contributed by atoms with Crippen LogP contribution in [0.25, 0.3) is 0 Å². The number of carbonyl (C=O) groups excluding carboxylic acids is 2. The van der Waals surface area contributed by atoms with Crippen LogP contribution in [0.15, 0.2) is 36.4 Å². The number of pyridine rings is 1. The van der Waals surface area contributed by atoms with E-state index in [1.54, 1.807) is 17.9 Å². The predicted octanol–water partition coefficient (Wildman–Crippen LogP) is 3.21. The molecule has 0 bridgehead atoms. The highest BCUT2D eigenvalue weighted by molar-refractivity contribution is 6.02. The van der Waals surface area contributed by atoms with Crippen LogP contribution in [0, 0.1) is 6.92 Å². The van der Waals surface area contributed by atoms with Gasteiger partial charge in [0.2, 0.25) is 17.7 Å². The van der Waals surface area contributed by atoms with E-state index in [-0.39, 0.29) is 48.9 Å². The van der Waals surface area contributed by atoms with Gasteiger partial charge in [-0.25, -0.2) is 4.98 Å². The Hall–Kier alpha value is -3.11. The fraction of sp³-hybridized carbons (Fsp3) is 0.500. The Kier molecular flexibility index (Phi) is 7.85.